The van der Waals surface area contributed by atoms with E-state index in [2.05, 4.69) is 10.6 Å². The number of ketones is 1. The van der Waals surface area contributed by atoms with Gasteiger partial charge in [-0.05, 0) is 67.6 Å². The predicted octanol–water partition coefficient (Wildman–Crippen LogP) is 4.47. The summed E-state index contributed by atoms with van der Waals surface area (Å²) >= 11 is 1.38. The van der Waals surface area contributed by atoms with Gasteiger partial charge in [0, 0.05) is 21.8 Å². The van der Waals surface area contributed by atoms with Gasteiger partial charge in [-0.25, -0.2) is 0 Å². The van der Waals surface area contributed by atoms with Crippen molar-refractivity contribution in [3.8, 4) is 0 Å². The molecule has 142 valence electrons. The Labute approximate surface area is 166 Å². The molecule has 2 amide bonds. The largest absolute Gasteiger partial charge is 0.459 e. The predicted molar refractivity (Wildman–Crippen MR) is 109 cm³/mol. The van der Waals surface area contributed by atoms with Crippen molar-refractivity contribution >= 4 is 40.7 Å². The summed E-state index contributed by atoms with van der Waals surface area (Å²) in [6.45, 7) is 1.50. The first-order valence-electron chi connectivity index (χ1n) is 8.50. The van der Waals surface area contributed by atoms with Crippen molar-refractivity contribution in [3.63, 3.8) is 0 Å². The molecule has 28 heavy (non-hydrogen) atoms. The van der Waals surface area contributed by atoms with Crippen LogP contribution in [0.1, 0.15) is 27.8 Å². The molecule has 0 saturated carbocycles. The number of anilines is 2. The van der Waals surface area contributed by atoms with E-state index in [4.69, 9.17) is 4.42 Å². The average molecular weight is 394 g/mol. The van der Waals surface area contributed by atoms with Crippen LogP contribution in [0.5, 0.6) is 0 Å². The Hall–Kier alpha value is -3.32. The molecular formula is C21H18N2O4S. The minimum absolute atomic E-state index is 0.0165. The van der Waals surface area contributed by atoms with Crippen molar-refractivity contribution < 1.29 is 18.8 Å². The van der Waals surface area contributed by atoms with E-state index in [0.29, 0.717) is 16.9 Å². The van der Waals surface area contributed by atoms with Gasteiger partial charge >= 0.3 is 0 Å². The molecule has 0 aliphatic rings. The van der Waals surface area contributed by atoms with Crippen molar-refractivity contribution in [2.45, 2.75) is 11.8 Å². The fourth-order valence-corrected chi connectivity index (χ4v) is 3.07. The Balaban J connectivity index is 1.48. The molecule has 0 aliphatic carbocycles. The van der Waals surface area contributed by atoms with Gasteiger partial charge in [-0.3, -0.25) is 14.4 Å². The molecule has 2 N–H and O–H groups in total. The Morgan fingerprint density at radius 3 is 2.14 bits per heavy atom. The number of thioether (sulfide) groups is 1. The summed E-state index contributed by atoms with van der Waals surface area (Å²) in [7, 11) is 0. The molecule has 0 aliphatic heterocycles. The van der Waals surface area contributed by atoms with E-state index < -0.39 is 0 Å². The summed E-state index contributed by atoms with van der Waals surface area (Å²) in [5.41, 5.74) is 1.89. The van der Waals surface area contributed by atoms with Crippen molar-refractivity contribution in [1.29, 1.82) is 0 Å². The van der Waals surface area contributed by atoms with Crippen LogP contribution in [-0.2, 0) is 4.79 Å². The highest BCUT2D eigenvalue weighted by molar-refractivity contribution is 8.00. The van der Waals surface area contributed by atoms with Gasteiger partial charge < -0.3 is 15.1 Å². The number of hydrogen-bond donors (Lipinski definition) is 2. The van der Waals surface area contributed by atoms with Gasteiger partial charge in [0.1, 0.15) is 0 Å². The van der Waals surface area contributed by atoms with E-state index in [0.717, 1.165) is 4.90 Å². The van der Waals surface area contributed by atoms with Gasteiger partial charge in [-0.1, -0.05) is 0 Å². The second kappa shape index (κ2) is 9.05. The SMILES string of the molecule is CC(=O)c1ccc(NC(=O)CSc2ccc(NC(=O)c3ccco3)cc2)cc1. The van der Waals surface area contributed by atoms with E-state index >= 15 is 0 Å². The van der Waals surface area contributed by atoms with Gasteiger partial charge in [-0.2, -0.15) is 0 Å². The normalized spacial score (nSPS) is 10.3. The summed E-state index contributed by atoms with van der Waals surface area (Å²) in [5.74, 6) is 0.00654. The number of hydrogen-bond acceptors (Lipinski definition) is 5. The molecule has 0 saturated heterocycles. The smallest absolute Gasteiger partial charge is 0.291 e. The number of furan rings is 1. The second-order valence-electron chi connectivity index (χ2n) is 5.93. The molecule has 7 heteroatoms. The molecule has 3 rings (SSSR count). The Bertz CT molecular complexity index is 965. The quantitative estimate of drug-likeness (QED) is 0.456. The van der Waals surface area contributed by atoms with Gasteiger partial charge in [0.15, 0.2) is 11.5 Å². The van der Waals surface area contributed by atoms with Gasteiger partial charge in [0.25, 0.3) is 5.91 Å². The van der Waals surface area contributed by atoms with Gasteiger partial charge in [0.2, 0.25) is 5.91 Å². The topological polar surface area (TPSA) is 88.4 Å². The van der Waals surface area contributed by atoms with Gasteiger partial charge in [0.05, 0.1) is 12.0 Å². The van der Waals surface area contributed by atoms with Crippen LogP contribution in [0.4, 0.5) is 11.4 Å². The third-order valence-electron chi connectivity index (χ3n) is 3.80. The molecule has 0 atom stereocenters. The van der Waals surface area contributed by atoms with Crippen molar-refractivity contribution in [1.82, 2.24) is 0 Å². The summed E-state index contributed by atoms with van der Waals surface area (Å²) in [4.78, 5) is 36.2. The summed E-state index contributed by atoms with van der Waals surface area (Å²) in [5, 5.41) is 5.53. The molecule has 0 fully saturated rings. The number of nitrogens with one attached hydrogen (secondary N) is 2. The van der Waals surface area contributed by atoms with Crippen LogP contribution in [-0.4, -0.2) is 23.4 Å². The van der Waals surface area contributed by atoms with Crippen molar-refractivity contribution in [2.75, 3.05) is 16.4 Å². The van der Waals surface area contributed by atoms with E-state index in [1.807, 2.05) is 12.1 Å². The molecule has 0 bridgehead atoms. The summed E-state index contributed by atoms with van der Waals surface area (Å²) in [6, 6.07) is 17.2. The zero-order valence-electron chi connectivity index (χ0n) is 15.1. The van der Waals surface area contributed by atoms with E-state index in [9.17, 15) is 14.4 Å². The minimum Gasteiger partial charge on any atom is -0.459 e. The van der Waals surface area contributed by atoms with Crippen LogP contribution in [0.15, 0.2) is 76.2 Å². The van der Waals surface area contributed by atoms with Crippen LogP contribution in [0.2, 0.25) is 0 Å². The maximum atomic E-state index is 12.1. The second-order valence-corrected chi connectivity index (χ2v) is 6.97. The number of rotatable bonds is 7. The molecule has 3 aromatic rings. The number of carbonyl (C=O) groups is 3. The highest BCUT2D eigenvalue weighted by atomic mass is 32.2. The molecule has 6 nitrogen and oxygen atoms in total. The Kier molecular flexibility index (Phi) is 6.29. The fourth-order valence-electron chi connectivity index (χ4n) is 2.37. The molecule has 0 unspecified atom stereocenters. The van der Waals surface area contributed by atoms with E-state index in [-0.39, 0.29) is 29.1 Å². The van der Waals surface area contributed by atoms with Crippen LogP contribution in [0.25, 0.3) is 0 Å². The van der Waals surface area contributed by atoms with Crippen LogP contribution >= 0.6 is 11.8 Å². The van der Waals surface area contributed by atoms with Crippen LogP contribution < -0.4 is 10.6 Å². The molecule has 1 heterocycles. The third kappa shape index (κ3) is 5.34. The average Bonchev–Trinajstić information content (AvgIpc) is 3.23. The van der Waals surface area contributed by atoms with Crippen molar-refractivity contribution in [2.24, 2.45) is 0 Å². The lowest BCUT2D eigenvalue weighted by Gasteiger charge is -2.07. The third-order valence-corrected chi connectivity index (χ3v) is 4.81. The molecular weight excluding hydrogens is 376 g/mol. The zero-order chi connectivity index (χ0) is 19.9. The lowest BCUT2D eigenvalue weighted by Crippen LogP contribution is -2.14. The number of amides is 2. The monoisotopic (exact) mass is 394 g/mol. The fraction of sp³-hybridized carbons (Fsp3) is 0.0952. The lowest BCUT2D eigenvalue weighted by molar-refractivity contribution is -0.113. The van der Waals surface area contributed by atoms with Crippen molar-refractivity contribution in [3.05, 3.63) is 78.3 Å². The maximum Gasteiger partial charge on any atom is 0.291 e. The highest BCUT2D eigenvalue weighted by Gasteiger charge is 2.09. The minimum atomic E-state index is -0.319. The van der Waals surface area contributed by atoms with Crippen LogP contribution in [0, 0.1) is 0 Å². The van der Waals surface area contributed by atoms with Crippen LogP contribution in [0.3, 0.4) is 0 Å². The highest BCUT2D eigenvalue weighted by Crippen LogP contribution is 2.21. The number of benzene rings is 2. The summed E-state index contributed by atoms with van der Waals surface area (Å²) in [6.07, 6.45) is 1.44. The first-order chi connectivity index (χ1) is 13.5. The first kappa shape index (κ1) is 19.4. The summed E-state index contributed by atoms with van der Waals surface area (Å²) < 4.78 is 5.05. The standard InChI is InChI=1S/C21H18N2O4S/c1-14(24)15-4-6-16(7-5-15)22-20(25)13-28-18-10-8-17(9-11-18)23-21(26)19-3-2-12-27-19/h2-12H,13H2,1H3,(H,22,25)(H,23,26). The number of carbonyl (C=O) groups excluding carboxylic acids is 3. The van der Waals surface area contributed by atoms with E-state index in [1.165, 1.54) is 24.9 Å². The molecule has 1 aromatic heterocycles. The Morgan fingerprint density at radius 2 is 1.54 bits per heavy atom. The molecule has 0 spiro atoms. The lowest BCUT2D eigenvalue weighted by atomic mass is 10.1. The number of Topliss-reactive ketones (excluding diaryl/α,β-unsaturated/α-hetero) is 1. The van der Waals surface area contributed by atoms with E-state index in [1.54, 1.807) is 48.5 Å². The molecule has 2 aromatic carbocycles. The first-order valence-corrected chi connectivity index (χ1v) is 9.48. The van der Waals surface area contributed by atoms with Gasteiger partial charge in [-0.15, -0.1) is 11.8 Å². The zero-order valence-corrected chi connectivity index (χ0v) is 15.9. The maximum absolute atomic E-state index is 12.1. The molecule has 0 radical (unpaired) electrons. The Morgan fingerprint density at radius 1 is 0.893 bits per heavy atom.